The van der Waals surface area contributed by atoms with Gasteiger partial charge in [-0.3, -0.25) is 9.59 Å². The van der Waals surface area contributed by atoms with Gasteiger partial charge in [-0.2, -0.15) is 0 Å². The maximum absolute atomic E-state index is 12.8. The lowest BCUT2D eigenvalue weighted by Gasteiger charge is -2.18. The Morgan fingerprint density at radius 1 is 0.714 bits per heavy atom. The number of phenols is 1. The van der Waals surface area contributed by atoms with E-state index in [-0.39, 0.29) is 17.6 Å². The molecule has 2 amide bonds. The van der Waals surface area contributed by atoms with Gasteiger partial charge < -0.3 is 15.7 Å². The second-order valence-corrected chi connectivity index (χ2v) is 6.35. The highest BCUT2D eigenvalue weighted by molar-refractivity contribution is 5.94. The van der Waals surface area contributed by atoms with Crippen LogP contribution in [0.1, 0.15) is 27.4 Å². The molecule has 5 heteroatoms. The Morgan fingerprint density at radius 3 is 1.75 bits per heavy atom. The number of rotatable bonds is 7. The van der Waals surface area contributed by atoms with Gasteiger partial charge in [0.15, 0.2) is 0 Å². The van der Waals surface area contributed by atoms with E-state index in [1.54, 1.807) is 12.1 Å². The van der Waals surface area contributed by atoms with Gasteiger partial charge in [0.25, 0.3) is 5.91 Å². The number of hydrogen-bond donors (Lipinski definition) is 3. The van der Waals surface area contributed by atoms with Gasteiger partial charge >= 0.3 is 0 Å². The second-order valence-electron chi connectivity index (χ2n) is 6.35. The van der Waals surface area contributed by atoms with Crippen molar-refractivity contribution >= 4 is 11.8 Å². The van der Waals surface area contributed by atoms with E-state index in [9.17, 15) is 14.7 Å². The van der Waals surface area contributed by atoms with E-state index in [0.717, 1.165) is 11.1 Å². The first-order chi connectivity index (χ1) is 13.6. The minimum Gasteiger partial charge on any atom is -0.508 e. The second kappa shape index (κ2) is 9.37. The molecule has 3 aromatic carbocycles. The quantitative estimate of drug-likeness (QED) is 0.556. The summed E-state index contributed by atoms with van der Waals surface area (Å²) in [7, 11) is 0. The molecule has 5 nitrogen and oxygen atoms in total. The maximum atomic E-state index is 12.8. The van der Waals surface area contributed by atoms with E-state index in [0.29, 0.717) is 18.7 Å². The zero-order valence-corrected chi connectivity index (χ0v) is 15.3. The summed E-state index contributed by atoms with van der Waals surface area (Å²) in [6.07, 6.45) is 0. The van der Waals surface area contributed by atoms with Crippen LogP contribution in [-0.4, -0.2) is 30.0 Å². The van der Waals surface area contributed by atoms with Crippen LogP contribution in [-0.2, 0) is 4.79 Å². The monoisotopic (exact) mass is 374 g/mol. The van der Waals surface area contributed by atoms with Gasteiger partial charge in [0.05, 0.1) is 5.92 Å². The van der Waals surface area contributed by atoms with Crippen LogP contribution in [0, 0.1) is 0 Å². The molecule has 0 bridgehead atoms. The Balaban J connectivity index is 1.58. The number of carbonyl (C=O) groups is 2. The average molecular weight is 374 g/mol. The summed E-state index contributed by atoms with van der Waals surface area (Å²) < 4.78 is 0. The van der Waals surface area contributed by atoms with Gasteiger partial charge in [0.1, 0.15) is 5.75 Å². The molecule has 0 spiro atoms. The fourth-order valence-corrected chi connectivity index (χ4v) is 2.96. The van der Waals surface area contributed by atoms with Gasteiger partial charge in [0.2, 0.25) is 5.91 Å². The molecule has 0 aliphatic carbocycles. The smallest absolute Gasteiger partial charge is 0.251 e. The number of phenolic OH excluding ortho intramolecular Hbond substituents is 1. The number of benzene rings is 3. The number of aromatic hydroxyl groups is 1. The molecule has 3 rings (SSSR count). The van der Waals surface area contributed by atoms with Gasteiger partial charge in [-0.25, -0.2) is 0 Å². The summed E-state index contributed by atoms with van der Waals surface area (Å²) in [6.45, 7) is 0.626. The highest BCUT2D eigenvalue weighted by Gasteiger charge is 2.22. The van der Waals surface area contributed by atoms with Gasteiger partial charge in [-0.05, 0) is 35.4 Å². The maximum Gasteiger partial charge on any atom is 0.251 e. The standard InChI is InChI=1S/C23H22N2O3/c26-20-13-11-19(12-14-20)22(27)24-15-16-25-23(28)21(17-7-3-1-4-8-17)18-9-5-2-6-10-18/h1-14,21,26H,15-16H2,(H,24,27)(H,25,28). The Morgan fingerprint density at radius 2 is 1.21 bits per heavy atom. The molecule has 0 aromatic heterocycles. The third-order valence-electron chi connectivity index (χ3n) is 4.37. The third kappa shape index (κ3) is 4.98. The van der Waals surface area contributed by atoms with Crippen LogP contribution in [0.25, 0.3) is 0 Å². The number of carbonyl (C=O) groups excluding carboxylic acids is 2. The zero-order chi connectivity index (χ0) is 19.8. The SMILES string of the molecule is O=C(NCCNC(=O)C(c1ccccc1)c1ccccc1)c1ccc(O)cc1. The predicted molar refractivity (Wildman–Crippen MR) is 108 cm³/mol. The van der Waals surface area contributed by atoms with E-state index in [1.165, 1.54) is 12.1 Å². The summed E-state index contributed by atoms with van der Waals surface area (Å²) in [4.78, 5) is 24.9. The summed E-state index contributed by atoms with van der Waals surface area (Å²) in [5.41, 5.74) is 2.29. The van der Waals surface area contributed by atoms with Crippen molar-refractivity contribution in [1.29, 1.82) is 0 Å². The third-order valence-corrected chi connectivity index (χ3v) is 4.37. The van der Waals surface area contributed by atoms with Crippen molar-refractivity contribution in [3.05, 3.63) is 102 Å². The van der Waals surface area contributed by atoms with Crippen LogP contribution < -0.4 is 10.6 Å². The van der Waals surface area contributed by atoms with Crippen molar-refractivity contribution < 1.29 is 14.7 Å². The lowest BCUT2D eigenvalue weighted by molar-refractivity contribution is -0.121. The summed E-state index contributed by atoms with van der Waals surface area (Å²) >= 11 is 0. The lowest BCUT2D eigenvalue weighted by Crippen LogP contribution is -2.37. The zero-order valence-electron chi connectivity index (χ0n) is 15.3. The van der Waals surface area contributed by atoms with E-state index in [4.69, 9.17) is 0 Å². The van der Waals surface area contributed by atoms with Crippen LogP contribution >= 0.6 is 0 Å². The van der Waals surface area contributed by atoms with Crippen LogP contribution in [0.2, 0.25) is 0 Å². The molecule has 3 aromatic rings. The predicted octanol–water partition coefficient (Wildman–Crippen LogP) is 3.07. The van der Waals surface area contributed by atoms with Crippen molar-refractivity contribution in [2.45, 2.75) is 5.92 Å². The van der Waals surface area contributed by atoms with Crippen molar-refractivity contribution in [2.24, 2.45) is 0 Å². The Hall–Kier alpha value is -3.60. The van der Waals surface area contributed by atoms with Gasteiger partial charge in [0, 0.05) is 18.7 Å². The van der Waals surface area contributed by atoms with Gasteiger partial charge in [-0.1, -0.05) is 60.7 Å². The summed E-state index contributed by atoms with van der Waals surface area (Å²) in [5, 5.41) is 14.9. The van der Waals surface area contributed by atoms with Crippen LogP contribution in [0.3, 0.4) is 0 Å². The summed E-state index contributed by atoms with van der Waals surface area (Å²) in [6, 6.07) is 25.2. The molecule has 0 aliphatic rings. The minimum atomic E-state index is -0.407. The van der Waals surface area contributed by atoms with E-state index < -0.39 is 5.92 Å². The first kappa shape index (κ1) is 19.2. The number of hydrogen-bond acceptors (Lipinski definition) is 3. The van der Waals surface area contributed by atoms with E-state index in [1.807, 2.05) is 60.7 Å². The fraction of sp³-hybridized carbons (Fsp3) is 0.130. The molecule has 142 valence electrons. The number of amides is 2. The van der Waals surface area contributed by atoms with Crippen molar-refractivity contribution in [3.63, 3.8) is 0 Å². The van der Waals surface area contributed by atoms with E-state index >= 15 is 0 Å². The fourth-order valence-electron chi connectivity index (χ4n) is 2.96. The first-order valence-electron chi connectivity index (χ1n) is 9.10. The largest absolute Gasteiger partial charge is 0.508 e. The molecule has 3 N–H and O–H groups in total. The van der Waals surface area contributed by atoms with Crippen molar-refractivity contribution in [2.75, 3.05) is 13.1 Å². The molecular weight excluding hydrogens is 352 g/mol. The average Bonchev–Trinajstić information content (AvgIpc) is 2.73. The van der Waals surface area contributed by atoms with Crippen LogP contribution in [0.5, 0.6) is 5.75 Å². The highest BCUT2D eigenvalue weighted by Crippen LogP contribution is 2.24. The van der Waals surface area contributed by atoms with Crippen LogP contribution in [0.15, 0.2) is 84.9 Å². The van der Waals surface area contributed by atoms with Crippen molar-refractivity contribution in [1.82, 2.24) is 10.6 Å². The number of nitrogens with one attached hydrogen (secondary N) is 2. The molecule has 28 heavy (non-hydrogen) atoms. The molecule has 0 saturated carbocycles. The Kier molecular flexibility index (Phi) is 6.41. The lowest BCUT2D eigenvalue weighted by atomic mass is 9.90. The molecule has 0 unspecified atom stereocenters. The molecule has 0 heterocycles. The normalized spacial score (nSPS) is 10.5. The molecule has 0 aliphatic heterocycles. The van der Waals surface area contributed by atoms with Crippen molar-refractivity contribution in [3.8, 4) is 5.75 Å². The van der Waals surface area contributed by atoms with Crippen LogP contribution in [0.4, 0.5) is 0 Å². The first-order valence-corrected chi connectivity index (χ1v) is 9.10. The Bertz CT molecular complexity index is 870. The molecule has 0 fully saturated rings. The van der Waals surface area contributed by atoms with E-state index in [2.05, 4.69) is 10.6 Å². The summed E-state index contributed by atoms with van der Waals surface area (Å²) in [5.74, 6) is -0.667. The molecule has 0 saturated heterocycles. The molecule has 0 radical (unpaired) electrons. The van der Waals surface area contributed by atoms with Gasteiger partial charge in [-0.15, -0.1) is 0 Å². The highest BCUT2D eigenvalue weighted by atomic mass is 16.3. The molecular formula is C23H22N2O3. The topological polar surface area (TPSA) is 78.4 Å². The molecule has 0 atom stereocenters. The minimum absolute atomic E-state index is 0.108. The Labute approximate surface area is 164 Å².